The molecule has 0 amide bonds. The number of ether oxygens (including phenoxy) is 1. The molecule has 0 spiro atoms. The Balaban J connectivity index is 2.30. The Kier molecular flexibility index (Phi) is 3.79. The molecule has 4 heteroatoms. The van der Waals surface area contributed by atoms with E-state index in [2.05, 4.69) is 0 Å². The molecule has 0 aliphatic rings. The van der Waals surface area contributed by atoms with Gasteiger partial charge in [-0.05, 0) is 23.8 Å². The highest BCUT2D eigenvalue weighted by Gasteiger charge is 2.03. The maximum absolute atomic E-state index is 11.6. The Morgan fingerprint density at radius 1 is 1.28 bits per heavy atom. The number of hydrogen-bond donors (Lipinski definition) is 1. The van der Waals surface area contributed by atoms with Crippen molar-refractivity contribution in [2.45, 2.75) is 13.1 Å². The Morgan fingerprint density at radius 3 is 2.78 bits per heavy atom. The SMILES string of the molecule is COc1ccc(Cn2ccccc2=O)cc1CN. The highest BCUT2D eigenvalue weighted by molar-refractivity contribution is 5.37. The van der Waals surface area contributed by atoms with Gasteiger partial charge in [0.05, 0.1) is 13.7 Å². The Labute approximate surface area is 106 Å². The fraction of sp³-hybridized carbons (Fsp3) is 0.214. The van der Waals surface area contributed by atoms with Crippen molar-refractivity contribution in [2.75, 3.05) is 7.11 Å². The normalized spacial score (nSPS) is 10.3. The molecule has 2 rings (SSSR count). The molecule has 0 aliphatic carbocycles. The summed E-state index contributed by atoms with van der Waals surface area (Å²) in [5.41, 5.74) is 7.63. The number of hydrogen-bond acceptors (Lipinski definition) is 3. The third kappa shape index (κ3) is 2.60. The highest BCUT2D eigenvalue weighted by Crippen LogP contribution is 2.19. The van der Waals surface area contributed by atoms with Crippen molar-refractivity contribution >= 4 is 0 Å². The molecule has 94 valence electrons. The first-order chi connectivity index (χ1) is 8.74. The van der Waals surface area contributed by atoms with Crippen molar-refractivity contribution in [1.82, 2.24) is 4.57 Å². The third-order valence-corrected chi connectivity index (χ3v) is 2.82. The van der Waals surface area contributed by atoms with Crippen LogP contribution in [0.1, 0.15) is 11.1 Å². The zero-order valence-electron chi connectivity index (χ0n) is 10.3. The largest absolute Gasteiger partial charge is 0.496 e. The monoisotopic (exact) mass is 244 g/mol. The van der Waals surface area contributed by atoms with Crippen LogP contribution in [0.25, 0.3) is 0 Å². The lowest BCUT2D eigenvalue weighted by atomic mass is 10.1. The molecule has 0 bridgehead atoms. The summed E-state index contributed by atoms with van der Waals surface area (Å²) in [6, 6.07) is 10.9. The zero-order valence-corrected chi connectivity index (χ0v) is 10.3. The van der Waals surface area contributed by atoms with Crippen molar-refractivity contribution in [2.24, 2.45) is 5.73 Å². The standard InChI is InChI=1S/C14H16N2O2/c1-18-13-6-5-11(8-12(13)9-15)10-16-7-3-2-4-14(16)17/h2-8H,9-10,15H2,1H3. The second-order valence-electron chi connectivity index (χ2n) is 4.02. The first-order valence-corrected chi connectivity index (χ1v) is 5.76. The number of pyridine rings is 1. The highest BCUT2D eigenvalue weighted by atomic mass is 16.5. The molecule has 0 atom stereocenters. The van der Waals surface area contributed by atoms with Gasteiger partial charge in [-0.2, -0.15) is 0 Å². The maximum Gasteiger partial charge on any atom is 0.250 e. The van der Waals surface area contributed by atoms with E-state index < -0.39 is 0 Å². The summed E-state index contributed by atoms with van der Waals surface area (Å²) in [5.74, 6) is 0.779. The van der Waals surface area contributed by atoms with Crippen LogP contribution < -0.4 is 16.0 Å². The molecular weight excluding hydrogens is 228 g/mol. The first-order valence-electron chi connectivity index (χ1n) is 5.76. The van der Waals surface area contributed by atoms with E-state index >= 15 is 0 Å². The zero-order chi connectivity index (χ0) is 13.0. The molecule has 0 radical (unpaired) electrons. The summed E-state index contributed by atoms with van der Waals surface area (Å²) < 4.78 is 6.87. The number of rotatable bonds is 4. The quantitative estimate of drug-likeness (QED) is 0.883. The van der Waals surface area contributed by atoms with Crippen molar-refractivity contribution in [3.63, 3.8) is 0 Å². The van der Waals surface area contributed by atoms with E-state index in [0.717, 1.165) is 16.9 Å². The summed E-state index contributed by atoms with van der Waals surface area (Å²) in [6.45, 7) is 0.956. The van der Waals surface area contributed by atoms with Crippen LogP contribution in [0.15, 0.2) is 47.4 Å². The topological polar surface area (TPSA) is 57.2 Å². The second-order valence-corrected chi connectivity index (χ2v) is 4.02. The number of nitrogens with two attached hydrogens (primary N) is 1. The van der Waals surface area contributed by atoms with Crippen molar-refractivity contribution in [3.05, 3.63) is 64.1 Å². The third-order valence-electron chi connectivity index (χ3n) is 2.82. The summed E-state index contributed by atoms with van der Waals surface area (Å²) >= 11 is 0. The minimum atomic E-state index is -0.0115. The lowest BCUT2D eigenvalue weighted by molar-refractivity contribution is 0.409. The van der Waals surface area contributed by atoms with E-state index in [9.17, 15) is 4.79 Å². The fourth-order valence-corrected chi connectivity index (χ4v) is 1.88. The van der Waals surface area contributed by atoms with E-state index in [1.54, 1.807) is 30.0 Å². The van der Waals surface area contributed by atoms with E-state index in [1.165, 1.54) is 0 Å². The molecule has 0 saturated heterocycles. The first kappa shape index (κ1) is 12.4. The smallest absolute Gasteiger partial charge is 0.250 e. The molecule has 1 aromatic heterocycles. The number of aromatic nitrogens is 1. The van der Waals surface area contributed by atoms with Crippen LogP contribution in [0, 0.1) is 0 Å². The Hall–Kier alpha value is -2.07. The van der Waals surface area contributed by atoms with Crippen LogP contribution >= 0.6 is 0 Å². The predicted molar refractivity (Wildman–Crippen MR) is 70.7 cm³/mol. The second kappa shape index (κ2) is 5.51. The molecule has 18 heavy (non-hydrogen) atoms. The fourth-order valence-electron chi connectivity index (χ4n) is 1.88. The van der Waals surface area contributed by atoms with E-state index in [1.807, 2.05) is 24.3 Å². The van der Waals surface area contributed by atoms with Gasteiger partial charge < -0.3 is 15.0 Å². The minimum Gasteiger partial charge on any atom is -0.496 e. The molecule has 2 N–H and O–H groups in total. The maximum atomic E-state index is 11.6. The average Bonchev–Trinajstić information content (AvgIpc) is 2.41. The molecule has 0 unspecified atom stereocenters. The van der Waals surface area contributed by atoms with Crippen molar-refractivity contribution in [1.29, 1.82) is 0 Å². The van der Waals surface area contributed by atoms with Crippen LogP contribution in [0.3, 0.4) is 0 Å². The molecule has 0 aliphatic heterocycles. The van der Waals surface area contributed by atoms with E-state index in [4.69, 9.17) is 10.5 Å². The van der Waals surface area contributed by atoms with Gasteiger partial charge in [0.25, 0.3) is 5.56 Å². The minimum absolute atomic E-state index is 0.0115. The molecule has 1 heterocycles. The van der Waals surface area contributed by atoms with Crippen LogP contribution in [0.5, 0.6) is 5.75 Å². The summed E-state index contributed by atoms with van der Waals surface area (Å²) in [5, 5.41) is 0. The Morgan fingerprint density at radius 2 is 2.11 bits per heavy atom. The molecule has 0 fully saturated rings. The number of benzene rings is 1. The van der Waals surface area contributed by atoms with Gasteiger partial charge >= 0.3 is 0 Å². The van der Waals surface area contributed by atoms with Gasteiger partial charge in [-0.3, -0.25) is 4.79 Å². The molecule has 4 nitrogen and oxygen atoms in total. The van der Waals surface area contributed by atoms with Crippen LogP contribution in [0.4, 0.5) is 0 Å². The number of nitrogens with zero attached hydrogens (tertiary/aromatic N) is 1. The van der Waals surface area contributed by atoms with Crippen LogP contribution in [0.2, 0.25) is 0 Å². The van der Waals surface area contributed by atoms with Gasteiger partial charge in [0.2, 0.25) is 0 Å². The van der Waals surface area contributed by atoms with Gasteiger partial charge in [-0.15, -0.1) is 0 Å². The lowest BCUT2D eigenvalue weighted by Gasteiger charge is -2.10. The summed E-state index contributed by atoms with van der Waals surface area (Å²) in [7, 11) is 1.62. The Bertz CT molecular complexity index is 590. The predicted octanol–water partition coefficient (Wildman–Crippen LogP) is 1.36. The lowest BCUT2D eigenvalue weighted by Crippen LogP contribution is -2.18. The summed E-state index contributed by atoms with van der Waals surface area (Å²) in [6.07, 6.45) is 1.77. The average molecular weight is 244 g/mol. The van der Waals surface area contributed by atoms with Crippen molar-refractivity contribution in [3.8, 4) is 5.75 Å². The van der Waals surface area contributed by atoms with Gasteiger partial charge in [-0.25, -0.2) is 0 Å². The number of methoxy groups -OCH3 is 1. The van der Waals surface area contributed by atoms with Gasteiger partial charge in [0, 0.05) is 24.4 Å². The molecule has 1 aromatic carbocycles. The summed E-state index contributed by atoms with van der Waals surface area (Å²) in [4.78, 5) is 11.6. The van der Waals surface area contributed by atoms with Crippen LogP contribution in [-0.2, 0) is 13.1 Å². The van der Waals surface area contributed by atoms with E-state index in [0.29, 0.717) is 13.1 Å². The van der Waals surface area contributed by atoms with Crippen LogP contribution in [-0.4, -0.2) is 11.7 Å². The molecular formula is C14H16N2O2. The molecule has 0 saturated carbocycles. The van der Waals surface area contributed by atoms with Gasteiger partial charge in [0.1, 0.15) is 5.75 Å². The molecule has 2 aromatic rings. The van der Waals surface area contributed by atoms with E-state index in [-0.39, 0.29) is 5.56 Å². The van der Waals surface area contributed by atoms with Gasteiger partial charge in [-0.1, -0.05) is 12.1 Å². The van der Waals surface area contributed by atoms with Crippen molar-refractivity contribution < 1.29 is 4.74 Å². The van der Waals surface area contributed by atoms with Gasteiger partial charge in [0.15, 0.2) is 0 Å².